The summed E-state index contributed by atoms with van der Waals surface area (Å²) in [6.45, 7) is 3.50. The number of rotatable bonds is 5. The zero-order valence-electron chi connectivity index (χ0n) is 11.4. The molecule has 106 valence electrons. The molecule has 0 atom stereocenters. The largest absolute Gasteiger partial charge is 0.370 e. The van der Waals surface area contributed by atoms with Gasteiger partial charge in [-0.25, -0.2) is 4.99 Å². The van der Waals surface area contributed by atoms with Crippen LogP contribution in [0, 0.1) is 6.92 Å². The first kappa shape index (κ1) is 15.1. The van der Waals surface area contributed by atoms with E-state index in [2.05, 4.69) is 62.8 Å². The molecular formula is C15H18BrN3S. The first-order chi connectivity index (χ1) is 9.65. The number of hydrogen-bond donors (Lipinski definition) is 2. The first-order valence-electron chi connectivity index (χ1n) is 6.46. The number of aliphatic imine (C=N–C) groups is 1. The van der Waals surface area contributed by atoms with Gasteiger partial charge in [0.25, 0.3) is 0 Å². The minimum atomic E-state index is 0.504. The Morgan fingerprint density at radius 2 is 2.25 bits per heavy atom. The molecule has 0 unspecified atom stereocenters. The van der Waals surface area contributed by atoms with Crippen LogP contribution in [0.4, 0.5) is 0 Å². The smallest absolute Gasteiger partial charge is 0.188 e. The van der Waals surface area contributed by atoms with Crippen LogP contribution in [0.15, 0.2) is 45.2 Å². The van der Waals surface area contributed by atoms with E-state index in [1.807, 2.05) is 6.07 Å². The molecule has 0 bridgehead atoms. The van der Waals surface area contributed by atoms with Crippen LogP contribution >= 0.6 is 27.3 Å². The molecule has 3 nitrogen and oxygen atoms in total. The van der Waals surface area contributed by atoms with E-state index in [4.69, 9.17) is 5.73 Å². The molecule has 1 aromatic heterocycles. The van der Waals surface area contributed by atoms with E-state index in [0.717, 1.165) is 17.4 Å². The van der Waals surface area contributed by atoms with Crippen LogP contribution in [0.1, 0.15) is 16.0 Å². The van der Waals surface area contributed by atoms with Gasteiger partial charge < -0.3 is 11.1 Å². The summed E-state index contributed by atoms with van der Waals surface area (Å²) < 4.78 is 1.09. The minimum Gasteiger partial charge on any atom is -0.370 e. The van der Waals surface area contributed by atoms with Gasteiger partial charge in [-0.3, -0.25) is 0 Å². The third-order valence-electron chi connectivity index (χ3n) is 2.98. The number of nitrogens with two attached hydrogens (primary N) is 1. The summed E-state index contributed by atoms with van der Waals surface area (Å²) in [5, 5.41) is 5.23. The Bertz CT molecular complexity index is 579. The molecule has 1 aromatic carbocycles. The van der Waals surface area contributed by atoms with E-state index in [0.29, 0.717) is 12.5 Å². The molecule has 3 N–H and O–H groups in total. The Labute approximate surface area is 132 Å². The summed E-state index contributed by atoms with van der Waals surface area (Å²) in [6.07, 6.45) is 0.977. The second kappa shape index (κ2) is 7.45. The molecule has 5 heteroatoms. The van der Waals surface area contributed by atoms with E-state index in [1.165, 1.54) is 16.0 Å². The molecule has 0 radical (unpaired) electrons. The number of nitrogens with zero attached hydrogens (tertiary/aromatic N) is 1. The van der Waals surface area contributed by atoms with Crippen molar-refractivity contribution in [2.45, 2.75) is 19.9 Å². The molecular weight excluding hydrogens is 334 g/mol. The van der Waals surface area contributed by atoms with Crippen molar-refractivity contribution >= 4 is 33.2 Å². The highest BCUT2D eigenvalue weighted by molar-refractivity contribution is 9.10. The number of thiophene rings is 1. The summed E-state index contributed by atoms with van der Waals surface area (Å²) in [7, 11) is 0. The topological polar surface area (TPSA) is 50.4 Å². The maximum Gasteiger partial charge on any atom is 0.188 e. The molecule has 0 amide bonds. The third-order valence-corrected chi connectivity index (χ3v) is 4.41. The van der Waals surface area contributed by atoms with Gasteiger partial charge in [0.05, 0.1) is 6.54 Å². The average molecular weight is 352 g/mol. The van der Waals surface area contributed by atoms with Crippen LogP contribution in [-0.4, -0.2) is 12.5 Å². The van der Waals surface area contributed by atoms with Crippen LogP contribution in [0.3, 0.4) is 0 Å². The number of nitrogens with one attached hydrogen (secondary N) is 1. The van der Waals surface area contributed by atoms with Gasteiger partial charge >= 0.3 is 0 Å². The fourth-order valence-corrected chi connectivity index (χ4v) is 3.02. The molecule has 0 aliphatic carbocycles. The van der Waals surface area contributed by atoms with E-state index < -0.39 is 0 Å². The van der Waals surface area contributed by atoms with Gasteiger partial charge in [0, 0.05) is 15.9 Å². The third kappa shape index (κ3) is 4.65. The van der Waals surface area contributed by atoms with E-state index in [9.17, 15) is 0 Å². The number of hydrogen-bond acceptors (Lipinski definition) is 2. The summed E-state index contributed by atoms with van der Waals surface area (Å²) in [4.78, 5) is 5.73. The highest BCUT2D eigenvalue weighted by atomic mass is 79.9. The van der Waals surface area contributed by atoms with Crippen LogP contribution in [-0.2, 0) is 13.0 Å². The average Bonchev–Trinajstić information content (AvgIpc) is 2.91. The van der Waals surface area contributed by atoms with Crippen molar-refractivity contribution in [3.8, 4) is 0 Å². The van der Waals surface area contributed by atoms with Gasteiger partial charge in [0.2, 0.25) is 0 Å². The summed E-state index contributed by atoms with van der Waals surface area (Å²) >= 11 is 5.22. The van der Waals surface area contributed by atoms with E-state index >= 15 is 0 Å². The molecule has 0 aliphatic heterocycles. The van der Waals surface area contributed by atoms with Gasteiger partial charge in [-0.2, -0.15) is 0 Å². The molecule has 0 saturated heterocycles. The quantitative estimate of drug-likeness (QED) is 0.640. The highest BCUT2D eigenvalue weighted by Gasteiger charge is 1.99. The Balaban J connectivity index is 1.81. The van der Waals surface area contributed by atoms with Crippen molar-refractivity contribution < 1.29 is 0 Å². The fraction of sp³-hybridized carbons (Fsp3) is 0.267. The number of aryl methyl sites for hydroxylation is 1. The van der Waals surface area contributed by atoms with Crippen molar-refractivity contribution in [2.75, 3.05) is 6.54 Å². The summed E-state index contributed by atoms with van der Waals surface area (Å²) in [5.74, 6) is 0.504. The van der Waals surface area contributed by atoms with Crippen LogP contribution in [0.25, 0.3) is 0 Å². The maximum atomic E-state index is 5.87. The molecule has 0 aliphatic rings. The number of halogens is 1. The predicted molar refractivity (Wildman–Crippen MR) is 90.2 cm³/mol. The zero-order valence-corrected chi connectivity index (χ0v) is 13.8. The van der Waals surface area contributed by atoms with Gasteiger partial charge in [-0.15, -0.1) is 11.3 Å². The predicted octanol–water partition coefficient (Wildman–Crippen LogP) is 3.47. The monoisotopic (exact) mass is 351 g/mol. The molecule has 2 aromatic rings. The fourth-order valence-electron chi connectivity index (χ4n) is 1.83. The minimum absolute atomic E-state index is 0.504. The molecule has 2 rings (SSSR count). The number of guanidine groups is 1. The SMILES string of the molecule is Cc1cc(Br)ccc1CN=C(N)NCCc1cccs1. The van der Waals surface area contributed by atoms with Crippen LogP contribution in [0.2, 0.25) is 0 Å². The first-order valence-corrected chi connectivity index (χ1v) is 8.13. The normalized spacial score (nSPS) is 11.6. The molecule has 0 saturated carbocycles. The highest BCUT2D eigenvalue weighted by Crippen LogP contribution is 2.16. The Kier molecular flexibility index (Phi) is 5.61. The Hall–Kier alpha value is -1.33. The molecule has 0 spiro atoms. The van der Waals surface area contributed by atoms with Crippen molar-refractivity contribution in [1.82, 2.24) is 5.32 Å². The molecule has 20 heavy (non-hydrogen) atoms. The summed E-state index contributed by atoms with van der Waals surface area (Å²) in [6, 6.07) is 10.4. The van der Waals surface area contributed by atoms with Gasteiger partial charge in [-0.05, 0) is 48.1 Å². The Morgan fingerprint density at radius 1 is 1.40 bits per heavy atom. The lowest BCUT2D eigenvalue weighted by atomic mass is 10.1. The lowest BCUT2D eigenvalue weighted by Crippen LogP contribution is -2.33. The molecule has 0 fully saturated rings. The molecule has 1 heterocycles. The second-order valence-electron chi connectivity index (χ2n) is 4.53. The number of benzene rings is 1. The van der Waals surface area contributed by atoms with Crippen molar-refractivity contribution in [1.29, 1.82) is 0 Å². The van der Waals surface area contributed by atoms with Crippen LogP contribution < -0.4 is 11.1 Å². The van der Waals surface area contributed by atoms with Crippen LogP contribution in [0.5, 0.6) is 0 Å². The van der Waals surface area contributed by atoms with Crippen molar-refractivity contribution in [2.24, 2.45) is 10.7 Å². The second-order valence-corrected chi connectivity index (χ2v) is 6.48. The zero-order chi connectivity index (χ0) is 14.4. The van der Waals surface area contributed by atoms with E-state index in [-0.39, 0.29) is 0 Å². The van der Waals surface area contributed by atoms with Gasteiger partial charge in [0.1, 0.15) is 0 Å². The van der Waals surface area contributed by atoms with Gasteiger partial charge in [-0.1, -0.05) is 28.1 Å². The van der Waals surface area contributed by atoms with Crippen molar-refractivity contribution in [3.05, 3.63) is 56.2 Å². The summed E-state index contributed by atoms with van der Waals surface area (Å²) in [5.41, 5.74) is 8.28. The standard InChI is InChI=1S/C15H18BrN3S/c1-11-9-13(16)5-4-12(11)10-19-15(17)18-7-6-14-3-2-8-20-14/h2-5,8-9H,6-7,10H2,1H3,(H3,17,18,19). The van der Waals surface area contributed by atoms with Crippen molar-refractivity contribution in [3.63, 3.8) is 0 Å². The lowest BCUT2D eigenvalue weighted by molar-refractivity contribution is 0.856. The maximum absolute atomic E-state index is 5.87. The van der Waals surface area contributed by atoms with Gasteiger partial charge in [0.15, 0.2) is 5.96 Å². The lowest BCUT2D eigenvalue weighted by Gasteiger charge is -2.06. The van der Waals surface area contributed by atoms with E-state index in [1.54, 1.807) is 11.3 Å². The Morgan fingerprint density at radius 3 is 2.95 bits per heavy atom.